The number of aryl methyl sites for hydroxylation is 1. The molecule has 0 aliphatic rings. The monoisotopic (exact) mass is 215 g/mol. The summed E-state index contributed by atoms with van der Waals surface area (Å²) in [6, 6.07) is 12.5. The smallest absolute Gasteiger partial charge is 0.0557 e. The second-order valence-corrected chi connectivity index (χ2v) is 4.16. The largest absolute Gasteiger partial charge is 0.300 e. The molecular formula is C13H14NP. The van der Waals surface area contributed by atoms with Crippen molar-refractivity contribution in [3.8, 4) is 0 Å². The fourth-order valence-electron chi connectivity index (χ4n) is 1.90. The lowest BCUT2D eigenvalue weighted by Crippen LogP contribution is -1.93. The minimum Gasteiger partial charge on any atom is -0.300 e. The Balaban J connectivity index is 2.83. The van der Waals surface area contributed by atoms with Gasteiger partial charge >= 0.3 is 0 Å². The third-order valence-electron chi connectivity index (χ3n) is 2.69. The maximum Gasteiger partial charge on any atom is 0.0557 e. The summed E-state index contributed by atoms with van der Waals surface area (Å²) in [7, 11) is 2.46. The number of benzene rings is 2. The Labute approximate surface area is 92.2 Å². The maximum atomic E-state index is 7.71. The Morgan fingerprint density at radius 3 is 2.40 bits per heavy atom. The highest BCUT2D eigenvalue weighted by Crippen LogP contribution is 2.24. The molecule has 2 aromatic carbocycles. The first kappa shape index (κ1) is 10.3. The first-order chi connectivity index (χ1) is 7.24. The summed E-state index contributed by atoms with van der Waals surface area (Å²) in [4.78, 5) is 0. The number of hydrogen-bond donors (Lipinski definition) is 1. The predicted molar refractivity (Wildman–Crippen MR) is 69.9 cm³/mol. The number of rotatable bonds is 2. The van der Waals surface area contributed by atoms with Gasteiger partial charge in [0.15, 0.2) is 0 Å². The van der Waals surface area contributed by atoms with Crippen LogP contribution in [0, 0.1) is 5.41 Å². The van der Waals surface area contributed by atoms with Gasteiger partial charge in [-0.1, -0.05) is 52.6 Å². The zero-order valence-corrected chi connectivity index (χ0v) is 9.90. The van der Waals surface area contributed by atoms with E-state index < -0.39 is 0 Å². The number of fused-ring (bicyclic) bond motifs is 1. The molecule has 2 aromatic rings. The second kappa shape index (κ2) is 4.12. The maximum absolute atomic E-state index is 7.71. The standard InChI is InChI=1S/C13H14NP/c1-2-9-7-8-12(13(14)15)11-6-4-3-5-10(9)11/h3-8,14H,2,15H2,1H3. The van der Waals surface area contributed by atoms with Gasteiger partial charge in [-0.15, -0.1) is 0 Å². The Hall–Kier alpha value is -1.20. The molecular weight excluding hydrogens is 201 g/mol. The molecule has 0 amide bonds. The number of nitrogens with one attached hydrogen (secondary N) is 1. The Kier molecular flexibility index (Phi) is 2.83. The van der Waals surface area contributed by atoms with E-state index in [0.29, 0.717) is 5.45 Å². The van der Waals surface area contributed by atoms with E-state index in [2.05, 4.69) is 40.4 Å². The highest BCUT2D eigenvalue weighted by Gasteiger charge is 2.05. The SMILES string of the molecule is CCc1ccc(C(=N)P)c2ccccc12. The van der Waals surface area contributed by atoms with Crippen LogP contribution >= 0.6 is 9.24 Å². The minimum absolute atomic E-state index is 0.550. The molecule has 1 nitrogen and oxygen atoms in total. The quantitative estimate of drug-likeness (QED) is 0.584. The normalized spacial score (nSPS) is 10.5. The van der Waals surface area contributed by atoms with Crippen molar-refractivity contribution in [3.63, 3.8) is 0 Å². The van der Waals surface area contributed by atoms with Crippen LogP contribution in [0.4, 0.5) is 0 Å². The van der Waals surface area contributed by atoms with E-state index in [-0.39, 0.29) is 0 Å². The van der Waals surface area contributed by atoms with Crippen LogP contribution in [0.5, 0.6) is 0 Å². The summed E-state index contributed by atoms with van der Waals surface area (Å²) in [6.07, 6.45) is 1.03. The summed E-state index contributed by atoms with van der Waals surface area (Å²) < 4.78 is 0. The molecule has 1 atom stereocenters. The van der Waals surface area contributed by atoms with Crippen LogP contribution in [-0.4, -0.2) is 5.45 Å². The highest BCUT2D eigenvalue weighted by molar-refractivity contribution is 7.41. The van der Waals surface area contributed by atoms with Gasteiger partial charge in [0.05, 0.1) is 5.45 Å². The molecule has 0 spiro atoms. The Morgan fingerprint density at radius 2 is 1.80 bits per heavy atom. The van der Waals surface area contributed by atoms with Crippen LogP contribution in [-0.2, 0) is 6.42 Å². The molecule has 0 bridgehead atoms. The molecule has 0 saturated heterocycles. The Morgan fingerprint density at radius 1 is 1.13 bits per heavy atom. The second-order valence-electron chi connectivity index (χ2n) is 3.59. The fourth-order valence-corrected chi connectivity index (χ4v) is 2.16. The van der Waals surface area contributed by atoms with Crippen LogP contribution < -0.4 is 0 Å². The summed E-state index contributed by atoms with van der Waals surface area (Å²) in [5.41, 5.74) is 2.90. The molecule has 0 radical (unpaired) electrons. The lowest BCUT2D eigenvalue weighted by molar-refractivity contribution is 1.16. The average molecular weight is 215 g/mol. The first-order valence-electron chi connectivity index (χ1n) is 5.09. The van der Waals surface area contributed by atoms with Crippen molar-refractivity contribution in [2.75, 3.05) is 0 Å². The van der Waals surface area contributed by atoms with Crippen LogP contribution in [0.3, 0.4) is 0 Å². The van der Waals surface area contributed by atoms with E-state index >= 15 is 0 Å². The van der Waals surface area contributed by atoms with Crippen molar-refractivity contribution < 1.29 is 0 Å². The van der Waals surface area contributed by atoms with Gasteiger partial charge in [-0.3, -0.25) is 0 Å². The van der Waals surface area contributed by atoms with Crippen LogP contribution in [0.1, 0.15) is 18.1 Å². The van der Waals surface area contributed by atoms with E-state index in [1.807, 2.05) is 12.1 Å². The molecule has 0 heterocycles. The van der Waals surface area contributed by atoms with Crippen molar-refractivity contribution in [3.05, 3.63) is 47.5 Å². The van der Waals surface area contributed by atoms with Gasteiger partial charge < -0.3 is 5.41 Å². The molecule has 2 rings (SSSR count). The van der Waals surface area contributed by atoms with E-state index in [4.69, 9.17) is 5.41 Å². The molecule has 0 fully saturated rings. The fraction of sp³-hybridized carbons (Fsp3) is 0.154. The molecule has 2 heteroatoms. The highest BCUT2D eigenvalue weighted by atomic mass is 31.0. The average Bonchev–Trinajstić information content (AvgIpc) is 2.27. The number of hydrogen-bond acceptors (Lipinski definition) is 1. The molecule has 1 N–H and O–H groups in total. The van der Waals surface area contributed by atoms with E-state index in [1.54, 1.807) is 0 Å². The van der Waals surface area contributed by atoms with Gasteiger partial charge in [-0.05, 0) is 22.8 Å². The van der Waals surface area contributed by atoms with E-state index in [0.717, 1.165) is 12.0 Å². The van der Waals surface area contributed by atoms with Crippen molar-refractivity contribution in [1.82, 2.24) is 0 Å². The third-order valence-corrected chi connectivity index (χ3v) is 3.00. The summed E-state index contributed by atoms with van der Waals surface area (Å²) in [5, 5.41) is 10.2. The molecule has 1 unspecified atom stereocenters. The van der Waals surface area contributed by atoms with Gasteiger partial charge in [0.2, 0.25) is 0 Å². The van der Waals surface area contributed by atoms with Crippen molar-refractivity contribution in [2.24, 2.45) is 0 Å². The van der Waals surface area contributed by atoms with Crippen molar-refractivity contribution >= 4 is 25.5 Å². The Bertz CT molecular complexity index is 517. The predicted octanol–water partition coefficient (Wildman–Crippen LogP) is 3.60. The zero-order chi connectivity index (χ0) is 10.8. The molecule has 76 valence electrons. The van der Waals surface area contributed by atoms with E-state index in [9.17, 15) is 0 Å². The van der Waals surface area contributed by atoms with Gasteiger partial charge in [0.1, 0.15) is 0 Å². The molecule has 0 aliphatic carbocycles. The minimum atomic E-state index is 0.550. The van der Waals surface area contributed by atoms with Crippen LogP contribution in [0.25, 0.3) is 10.8 Å². The molecule has 15 heavy (non-hydrogen) atoms. The van der Waals surface area contributed by atoms with Crippen LogP contribution in [0.2, 0.25) is 0 Å². The third kappa shape index (κ3) is 1.80. The van der Waals surface area contributed by atoms with E-state index in [1.165, 1.54) is 16.3 Å². The first-order valence-corrected chi connectivity index (χ1v) is 5.66. The molecule has 0 saturated carbocycles. The van der Waals surface area contributed by atoms with Crippen molar-refractivity contribution in [1.29, 1.82) is 5.41 Å². The lowest BCUT2D eigenvalue weighted by Gasteiger charge is -2.08. The molecule has 0 aromatic heterocycles. The summed E-state index contributed by atoms with van der Waals surface area (Å²) in [5.74, 6) is 0. The van der Waals surface area contributed by atoms with Gasteiger partial charge in [0, 0.05) is 5.56 Å². The topological polar surface area (TPSA) is 23.9 Å². The summed E-state index contributed by atoms with van der Waals surface area (Å²) >= 11 is 0. The van der Waals surface area contributed by atoms with Gasteiger partial charge in [0.25, 0.3) is 0 Å². The van der Waals surface area contributed by atoms with Gasteiger partial charge in [-0.25, -0.2) is 0 Å². The van der Waals surface area contributed by atoms with Gasteiger partial charge in [-0.2, -0.15) is 0 Å². The zero-order valence-electron chi connectivity index (χ0n) is 8.75. The summed E-state index contributed by atoms with van der Waals surface area (Å²) in [6.45, 7) is 2.16. The lowest BCUT2D eigenvalue weighted by atomic mass is 9.99. The van der Waals surface area contributed by atoms with Crippen molar-refractivity contribution in [2.45, 2.75) is 13.3 Å². The molecule has 0 aliphatic heterocycles. The van der Waals surface area contributed by atoms with Crippen LogP contribution in [0.15, 0.2) is 36.4 Å².